The van der Waals surface area contributed by atoms with Gasteiger partial charge in [0.15, 0.2) is 0 Å². The fourth-order valence-corrected chi connectivity index (χ4v) is 4.00. The number of halogens is 1. The Morgan fingerprint density at radius 1 is 1.40 bits per heavy atom. The van der Waals surface area contributed by atoms with E-state index in [-0.39, 0.29) is 0 Å². The van der Waals surface area contributed by atoms with Crippen molar-refractivity contribution in [3.8, 4) is 0 Å². The lowest BCUT2D eigenvalue weighted by molar-refractivity contribution is 0.109. The van der Waals surface area contributed by atoms with Gasteiger partial charge in [0.1, 0.15) is 0 Å². The molecule has 2 heteroatoms. The van der Waals surface area contributed by atoms with Gasteiger partial charge in [0, 0.05) is 3.92 Å². The molecule has 1 heterocycles. The molecule has 1 nitrogen and oxygen atoms in total. The average Bonchev–Trinajstić information content (AvgIpc) is 2.53. The topological polar surface area (TPSA) is 9.23 Å². The Bertz CT molecular complexity index is 210. The molecule has 5 atom stereocenters. The second kappa shape index (κ2) is 1.89. The minimum absolute atomic E-state index is 0.462. The van der Waals surface area contributed by atoms with Crippen molar-refractivity contribution in [2.24, 2.45) is 17.8 Å². The zero-order valence-corrected chi connectivity index (χ0v) is 7.87. The van der Waals surface area contributed by atoms with Gasteiger partial charge in [-0.15, -0.1) is 0 Å². The molecule has 10 heavy (non-hydrogen) atoms. The van der Waals surface area contributed by atoms with Gasteiger partial charge in [0.05, 0.1) is 14.1 Å². The van der Waals surface area contributed by atoms with Crippen LogP contribution < -0.4 is 0 Å². The quantitative estimate of drug-likeness (QED) is 0.471. The van der Waals surface area contributed by atoms with E-state index < -0.39 is 6.08 Å². The van der Waals surface area contributed by atoms with Gasteiger partial charge >= 0.3 is 0 Å². The fraction of sp³-hybridized carbons (Fsp3) is 1.00. The van der Waals surface area contributed by atoms with Crippen LogP contribution in [0.2, 0.25) is 0 Å². The number of fused-ring (bicyclic) bond motifs is 1. The van der Waals surface area contributed by atoms with Crippen LogP contribution >= 0.6 is 22.6 Å². The van der Waals surface area contributed by atoms with Crippen LogP contribution in [0.1, 0.15) is 14.2 Å². The lowest BCUT2D eigenvalue weighted by atomic mass is 9.90. The Morgan fingerprint density at radius 3 is 3.00 bits per heavy atom. The van der Waals surface area contributed by atoms with Crippen LogP contribution in [-0.4, -0.2) is 16.6 Å². The molecule has 0 aromatic rings. The van der Waals surface area contributed by atoms with E-state index >= 15 is 0 Å². The summed E-state index contributed by atoms with van der Waals surface area (Å²) in [6.07, 6.45) is 2.12. The summed E-state index contributed by atoms with van der Waals surface area (Å²) >= 11 is 2.42. The van der Waals surface area contributed by atoms with Crippen LogP contribution in [0.3, 0.4) is 0 Å². The van der Waals surface area contributed by atoms with Gasteiger partial charge < -0.3 is 4.74 Å². The first kappa shape index (κ1) is 5.36. The summed E-state index contributed by atoms with van der Waals surface area (Å²) in [4.78, 5) is 0. The lowest BCUT2D eigenvalue weighted by Crippen LogP contribution is -2.26. The highest BCUT2D eigenvalue weighted by Gasteiger charge is 2.56. The van der Waals surface area contributed by atoms with Crippen LogP contribution in [0.5, 0.6) is 0 Å². The lowest BCUT2D eigenvalue weighted by Gasteiger charge is -2.20. The van der Waals surface area contributed by atoms with Crippen molar-refractivity contribution >= 4 is 22.6 Å². The second-order valence-electron chi connectivity index (χ2n) is 3.71. The van der Waals surface area contributed by atoms with Gasteiger partial charge in [-0.2, -0.15) is 0 Å². The Balaban J connectivity index is 2.07. The van der Waals surface area contributed by atoms with Crippen molar-refractivity contribution < 1.29 is 6.11 Å². The number of rotatable bonds is 0. The summed E-state index contributed by atoms with van der Waals surface area (Å²) in [6, 6.07) is 0. The summed E-state index contributed by atoms with van der Waals surface area (Å²) in [6.45, 7) is 0.865. The van der Waals surface area contributed by atoms with Crippen LogP contribution in [0, 0.1) is 17.8 Å². The number of alkyl halides is 1. The van der Waals surface area contributed by atoms with Crippen molar-refractivity contribution in [2.45, 2.75) is 22.8 Å². The fourth-order valence-electron chi connectivity index (χ4n) is 2.77. The van der Waals surface area contributed by atoms with Crippen LogP contribution in [0.15, 0.2) is 0 Å². The molecule has 0 amide bonds. The highest BCUT2D eigenvalue weighted by Crippen LogP contribution is 2.56. The first-order valence-corrected chi connectivity index (χ1v) is 5.24. The van der Waals surface area contributed by atoms with E-state index in [9.17, 15) is 0 Å². The SMILES string of the molecule is [2H]C12OCC3CC(CC31)C2I. The molecule has 3 fully saturated rings. The van der Waals surface area contributed by atoms with E-state index in [4.69, 9.17) is 6.11 Å². The normalized spacial score (nSPS) is 72.7. The smallest absolute Gasteiger partial charge is 0.0727 e. The summed E-state index contributed by atoms with van der Waals surface area (Å²) in [5, 5.41) is 0. The predicted octanol–water partition coefficient (Wildman–Crippen LogP) is 1.84. The first-order chi connectivity index (χ1) is 5.22. The van der Waals surface area contributed by atoms with E-state index in [1.807, 2.05) is 0 Å². The standard InChI is InChI=1S/C8H11IO/c9-7-4-1-5-3-10-8(7)6(5)2-4/h4-8H,1-3H2/i8D. The van der Waals surface area contributed by atoms with Crippen molar-refractivity contribution in [3.63, 3.8) is 0 Å². The molecule has 56 valence electrons. The maximum absolute atomic E-state index is 8.13. The first-order valence-electron chi connectivity index (χ1n) is 4.50. The molecule has 2 bridgehead atoms. The zero-order valence-electron chi connectivity index (χ0n) is 6.72. The average molecular weight is 251 g/mol. The van der Waals surface area contributed by atoms with Gasteiger partial charge in [-0.05, 0) is 30.6 Å². The van der Waals surface area contributed by atoms with E-state index in [1.54, 1.807) is 0 Å². The van der Waals surface area contributed by atoms with Gasteiger partial charge in [-0.3, -0.25) is 0 Å². The van der Waals surface area contributed by atoms with Crippen LogP contribution in [0.25, 0.3) is 0 Å². The molecular formula is C8H11IO. The molecule has 3 rings (SSSR count). The highest BCUT2D eigenvalue weighted by atomic mass is 127. The Kier molecular flexibility index (Phi) is 1.01. The molecule has 0 N–H and O–H groups in total. The Morgan fingerprint density at radius 2 is 2.30 bits per heavy atom. The molecule has 2 aliphatic carbocycles. The maximum atomic E-state index is 8.13. The van der Waals surface area contributed by atoms with Crippen molar-refractivity contribution in [2.75, 3.05) is 6.61 Å². The van der Waals surface area contributed by atoms with Crippen molar-refractivity contribution in [1.29, 1.82) is 0 Å². The molecule has 1 saturated heterocycles. The minimum atomic E-state index is -0.478. The molecule has 0 radical (unpaired) electrons. The van der Waals surface area contributed by atoms with E-state index in [0.29, 0.717) is 9.84 Å². The monoisotopic (exact) mass is 251 g/mol. The highest BCUT2D eigenvalue weighted by molar-refractivity contribution is 14.1. The van der Waals surface area contributed by atoms with E-state index in [1.165, 1.54) is 12.8 Å². The Labute approximate surface area is 76.1 Å². The van der Waals surface area contributed by atoms with Crippen LogP contribution in [0.4, 0.5) is 0 Å². The third-order valence-electron chi connectivity index (χ3n) is 3.25. The third kappa shape index (κ3) is 0.583. The largest absolute Gasteiger partial charge is 0.377 e. The molecule has 3 aliphatic rings. The Hall–Kier alpha value is 0.690. The van der Waals surface area contributed by atoms with Crippen molar-refractivity contribution in [1.82, 2.24) is 0 Å². The van der Waals surface area contributed by atoms with E-state index in [0.717, 1.165) is 18.4 Å². The molecule has 0 aromatic carbocycles. The summed E-state index contributed by atoms with van der Waals surface area (Å²) in [5.74, 6) is 2.11. The predicted molar refractivity (Wildman–Crippen MR) is 47.3 cm³/mol. The third-order valence-corrected chi connectivity index (χ3v) is 4.88. The summed E-state index contributed by atoms with van der Waals surface area (Å²) < 4.78 is 14.2. The molecule has 1 aliphatic heterocycles. The zero-order chi connectivity index (χ0) is 7.64. The summed E-state index contributed by atoms with van der Waals surface area (Å²) in [7, 11) is 0. The van der Waals surface area contributed by atoms with Gasteiger partial charge in [-0.1, -0.05) is 22.6 Å². The van der Waals surface area contributed by atoms with Gasteiger partial charge in [0.25, 0.3) is 0 Å². The number of ether oxygens (including phenoxy) is 1. The van der Waals surface area contributed by atoms with Crippen LogP contribution in [-0.2, 0) is 4.74 Å². The van der Waals surface area contributed by atoms with Gasteiger partial charge in [-0.25, -0.2) is 0 Å². The van der Waals surface area contributed by atoms with Crippen molar-refractivity contribution in [3.05, 3.63) is 0 Å². The molecule has 2 saturated carbocycles. The maximum Gasteiger partial charge on any atom is 0.0727 e. The molecule has 0 spiro atoms. The number of hydrogen-bond donors (Lipinski definition) is 0. The molecule has 5 unspecified atom stereocenters. The summed E-state index contributed by atoms with van der Waals surface area (Å²) in [5.41, 5.74) is 0. The molecular weight excluding hydrogens is 239 g/mol. The number of hydrogen-bond acceptors (Lipinski definition) is 1. The van der Waals surface area contributed by atoms with E-state index in [2.05, 4.69) is 22.6 Å². The van der Waals surface area contributed by atoms with Gasteiger partial charge in [0.2, 0.25) is 0 Å². The minimum Gasteiger partial charge on any atom is -0.377 e. The molecule has 0 aromatic heterocycles. The second-order valence-corrected chi connectivity index (χ2v) is 5.06.